The Balaban J connectivity index is 2.24. The van der Waals surface area contributed by atoms with E-state index >= 15 is 0 Å². The van der Waals surface area contributed by atoms with Gasteiger partial charge in [-0.1, -0.05) is 11.6 Å². The van der Waals surface area contributed by atoms with E-state index in [1.807, 2.05) is 0 Å². The molecule has 1 atom stereocenters. The van der Waals surface area contributed by atoms with Gasteiger partial charge in [-0.25, -0.2) is 13.8 Å². The van der Waals surface area contributed by atoms with Gasteiger partial charge < -0.3 is 5.11 Å². The fourth-order valence-electron chi connectivity index (χ4n) is 1.42. The number of aliphatic hydroxyl groups excluding tert-OH is 1. The van der Waals surface area contributed by atoms with Gasteiger partial charge in [0.05, 0.1) is 16.1 Å². The maximum Gasteiger partial charge on any atom is 0.142 e. The second-order valence-corrected chi connectivity index (χ2v) is 4.82. The van der Waals surface area contributed by atoms with Crippen molar-refractivity contribution in [2.75, 3.05) is 0 Å². The summed E-state index contributed by atoms with van der Waals surface area (Å²) in [5.41, 5.74) is -0.109. The van der Waals surface area contributed by atoms with E-state index in [0.717, 1.165) is 12.1 Å². The quantitative estimate of drug-likeness (QED) is 0.872. The molecule has 1 N–H and O–H groups in total. The SMILES string of the molecule is OC(Cc1nccs1)c1cc(F)c(Cl)cc1F. The lowest BCUT2D eigenvalue weighted by molar-refractivity contribution is 0.173. The Kier molecular flexibility index (Phi) is 3.71. The summed E-state index contributed by atoms with van der Waals surface area (Å²) in [6.07, 6.45) is 0.606. The summed E-state index contributed by atoms with van der Waals surface area (Å²) >= 11 is 6.77. The Morgan fingerprint density at radius 1 is 1.35 bits per heavy atom. The van der Waals surface area contributed by atoms with Crippen molar-refractivity contribution >= 4 is 22.9 Å². The average Bonchev–Trinajstić information content (AvgIpc) is 2.76. The molecule has 1 aromatic heterocycles. The van der Waals surface area contributed by atoms with Crippen molar-refractivity contribution in [3.05, 3.63) is 50.9 Å². The van der Waals surface area contributed by atoms with Crippen LogP contribution in [-0.2, 0) is 6.42 Å². The van der Waals surface area contributed by atoms with E-state index in [2.05, 4.69) is 4.98 Å². The molecule has 17 heavy (non-hydrogen) atoms. The lowest BCUT2D eigenvalue weighted by Crippen LogP contribution is -2.05. The van der Waals surface area contributed by atoms with Crippen LogP contribution in [0.25, 0.3) is 0 Å². The number of aromatic nitrogens is 1. The number of halogens is 3. The zero-order valence-electron chi connectivity index (χ0n) is 8.53. The lowest BCUT2D eigenvalue weighted by atomic mass is 10.1. The Labute approximate surface area is 106 Å². The molecule has 2 nitrogen and oxygen atoms in total. The van der Waals surface area contributed by atoms with Crippen molar-refractivity contribution in [2.24, 2.45) is 0 Å². The molecule has 0 saturated carbocycles. The van der Waals surface area contributed by atoms with Crippen molar-refractivity contribution in [1.29, 1.82) is 0 Å². The summed E-state index contributed by atoms with van der Waals surface area (Å²) in [6.45, 7) is 0. The smallest absolute Gasteiger partial charge is 0.142 e. The summed E-state index contributed by atoms with van der Waals surface area (Å²) in [5, 5.41) is 11.9. The Morgan fingerprint density at radius 3 is 2.76 bits per heavy atom. The van der Waals surface area contributed by atoms with Crippen molar-refractivity contribution in [1.82, 2.24) is 4.98 Å². The monoisotopic (exact) mass is 275 g/mol. The number of hydrogen-bond acceptors (Lipinski definition) is 3. The van der Waals surface area contributed by atoms with Gasteiger partial charge in [0.25, 0.3) is 0 Å². The molecule has 2 rings (SSSR count). The van der Waals surface area contributed by atoms with E-state index < -0.39 is 17.7 Å². The molecule has 0 aliphatic rings. The Bertz CT molecular complexity index is 518. The predicted molar refractivity (Wildman–Crippen MR) is 62.1 cm³/mol. The highest BCUT2D eigenvalue weighted by Gasteiger charge is 2.17. The third kappa shape index (κ3) is 2.80. The van der Waals surface area contributed by atoms with E-state index in [9.17, 15) is 13.9 Å². The van der Waals surface area contributed by atoms with Gasteiger partial charge in [0.1, 0.15) is 11.6 Å². The van der Waals surface area contributed by atoms with Gasteiger partial charge in [-0.3, -0.25) is 0 Å². The van der Waals surface area contributed by atoms with Gasteiger partial charge in [-0.15, -0.1) is 11.3 Å². The van der Waals surface area contributed by atoms with Crippen LogP contribution in [0.5, 0.6) is 0 Å². The van der Waals surface area contributed by atoms with Crippen molar-refractivity contribution in [3.8, 4) is 0 Å². The standard InChI is InChI=1S/C11H8ClF2NOS/c12-7-4-8(13)6(3-9(7)14)10(16)5-11-15-1-2-17-11/h1-4,10,16H,5H2. The molecule has 0 fully saturated rings. The fraction of sp³-hybridized carbons (Fsp3) is 0.182. The molecule has 0 aliphatic carbocycles. The highest BCUT2D eigenvalue weighted by Crippen LogP contribution is 2.26. The second kappa shape index (κ2) is 5.08. The zero-order valence-corrected chi connectivity index (χ0v) is 10.1. The topological polar surface area (TPSA) is 33.1 Å². The lowest BCUT2D eigenvalue weighted by Gasteiger charge is -2.11. The van der Waals surface area contributed by atoms with E-state index in [1.54, 1.807) is 11.6 Å². The number of aliphatic hydroxyl groups is 1. The minimum atomic E-state index is -1.13. The van der Waals surface area contributed by atoms with Crippen LogP contribution < -0.4 is 0 Å². The van der Waals surface area contributed by atoms with Gasteiger partial charge in [-0.2, -0.15) is 0 Å². The second-order valence-electron chi connectivity index (χ2n) is 3.43. The first kappa shape index (κ1) is 12.4. The Hall–Kier alpha value is -1.04. The number of rotatable bonds is 3. The van der Waals surface area contributed by atoms with E-state index in [0.29, 0.717) is 5.01 Å². The summed E-state index contributed by atoms with van der Waals surface area (Å²) in [4.78, 5) is 3.97. The first-order valence-corrected chi connectivity index (χ1v) is 6.04. The van der Waals surface area contributed by atoms with Crippen LogP contribution in [0.4, 0.5) is 8.78 Å². The molecule has 1 aromatic carbocycles. The molecule has 2 aromatic rings. The molecule has 0 radical (unpaired) electrons. The van der Waals surface area contributed by atoms with E-state index in [4.69, 9.17) is 11.6 Å². The van der Waals surface area contributed by atoms with Crippen LogP contribution >= 0.6 is 22.9 Å². The highest BCUT2D eigenvalue weighted by molar-refractivity contribution is 7.09. The maximum atomic E-state index is 13.5. The summed E-state index contributed by atoms with van der Waals surface area (Å²) in [6, 6.07) is 1.77. The van der Waals surface area contributed by atoms with Crippen LogP contribution in [0, 0.1) is 11.6 Å². The average molecular weight is 276 g/mol. The van der Waals surface area contributed by atoms with Crippen LogP contribution in [0.2, 0.25) is 5.02 Å². The summed E-state index contributed by atoms with van der Waals surface area (Å²) in [5.74, 6) is -1.47. The fourth-order valence-corrected chi connectivity index (χ4v) is 2.23. The molecule has 0 saturated heterocycles. The van der Waals surface area contributed by atoms with E-state index in [1.165, 1.54) is 11.3 Å². The number of benzene rings is 1. The van der Waals surface area contributed by atoms with Crippen LogP contribution in [-0.4, -0.2) is 10.1 Å². The third-order valence-corrected chi connectivity index (χ3v) is 3.34. The number of hydrogen-bond donors (Lipinski definition) is 1. The molecule has 1 heterocycles. The van der Waals surface area contributed by atoms with Crippen LogP contribution in [0.3, 0.4) is 0 Å². The first-order chi connectivity index (χ1) is 8.08. The predicted octanol–water partition coefficient (Wildman–Crippen LogP) is 3.35. The number of thiazole rings is 1. The van der Waals surface area contributed by atoms with E-state index in [-0.39, 0.29) is 17.0 Å². The van der Waals surface area contributed by atoms with Crippen molar-refractivity contribution < 1.29 is 13.9 Å². The molecular weight excluding hydrogens is 268 g/mol. The van der Waals surface area contributed by atoms with Crippen molar-refractivity contribution in [2.45, 2.75) is 12.5 Å². The van der Waals surface area contributed by atoms with Gasteiger partial charge in [0.15, 0.2) is 0 Å². The Morgan fingerprint density at radius 2 is 2.12 bits per heavy atom. The van der Waals surface area contributed by atoms with Gasteiger partial charge in [-0.05, 0) is 12.1 Å². The van der Waals surface area contributed by atoms with Gasteiger partial charge >= 0.3 is 0 Å². The number of nitrogens with zero attached hydrogens (tertiary/aromatic N) is 1. The molecule has 1 unspecified atom stereocenters. The molecular formula is C11H8ClF2NOS. The molecule has 0 amide bonds. The minimum absolute atomic E-state index is 0.109. The molecule has 90 valence electrons. The molecule has 6 heteroatoms. The molecule has 0 aliphatic heterocycles. The van der Waals surface area contributed by atoms with Gasteiger partial charge in [0.2, 0.25) is 0 Å². The highest BCUT2D eigenvalue weighted by atomic mass is 35.5. The van der Waals surface area contributed by atoms with Crippen LogP contribution in [0.1, 0.15) is 16.7 Å². The summed E-state index contributed by atoms with van der Waals surface area (Å²) in [7, 11) is 0. The third-order valence-electron chi connectivity index (χ3n) is 2.25. The van der Waals surface area contributed by atoms with Crippen LogP contribution in [0.15, 0.2) is 23.7 Å². The first-order valence-electron chi connectivity index (χ1n) is 4.79. The molecule has 0 bridgehead atoms. The zero-order chi connectivity index (χ0) is 12.4. The normalized spacial score (nSPS) is 12.7. The van der Waals surface area contributed by atoms with Crippen molar-refractivity contribution in [3.63, 3.8) is 0 Å². The summed E-state index contributed by atoms with van der Waals surface area (Å²) < 4.78 is 26.7. The molecule has 0 spiro atoms. The minimum Gasteiger partial charge on any atom is -0.388 e. The largest absolute Gasteiger partial charge is 0.388 e. The van der Waals surface area contributed by atoms with Gasteiger partial charge in [0, 0.05) is 23.6 Å². The maximum absolute atomic E-state index is 13.5.